The lowest BCUT2D eigenvalue weighted by molar-refractivity contribution is -0.140. The molecule has 68 valence electrons. The lowest BCUT2D eigenvalue weighted by Crippen LogP contribution is -2.55. The van der Waals surface area contributed by atoms with Gasteiger partial charge in [0.25, 0.3) is 0 Å². The van der Waals surface area contributed by atoms with Crippen LogP contribution in [-0.4, -0.2) is 28.7 Å². The van der Waals surface area contributed by atoms with Gasteiger partial charge in [-0.3, -0.25) is 4.79 Å². The van der Waals surface area contributed by atoms with Gasteiger partial charge in [-0.15, -0.1) is 0 Å². The number of carbonyl (C=O) groups is 1. The Bertz CT molecular complexity index is 205. The maximum atomic E-state index is 10.9. The number of nitrogens with two attached hydrogens (primary N) is 1. The van der Waals surface area contributed by atoms with Gasteiger partial charge in [0.15, 0.2) is 0 Å². The van der Waals surface area contributed by atoms with E-state index in [9.17, 15) is 9.90 Å². The summed E-state index contributed by atoms with van der Waals surface area (Å²) in [7, 11) is 0. The van der Waals surface area contributed by atoms with Gasteiger partial charge in [-0.2, -0.15) is 0 Å². The van der Waals surface area contributed by atoms with Crippen molar-refractivity contribution in [3.05, 3.63) is 0 Å². The molecular formula is C8H14N2O2. The van der Waals surface area contributed by atoms with Crippen LogP contribution in [0.25, 0.3) is 0 Å². The van der Waals surface area contributed by atoms with E-state index in [-0.39, 0.29) is 0 Å². The van der Waals surface area contributed by atoms with Crippen molar-refractivity contribution in [2.45, 2.75) is 43.4 Å². The van der Waals surface area contributed by atoms with Crippen molar-refractivity contribution in [2.24, 2.45) is 5.73 Å². The highest BCUT2D eigenvalue weighted by atomic mass is 16.3. The van der Waals surface area contributed by atoms with Gasteiger partial charge in [0.1, 0.15) is 5.60 Å². The Balaban J connectivity index is 2.15. The highest BCUT2D eigenvalue weighted by molar-refractivity contribution is 5.83. The predicted molar refractivity (Wildman–Crippen MR) is 43.3 cm³/mol. The van der Waals surface area contributed by atoms with Crippen LogP contribution in [0.3, 0.4) is 0 Å². The van der Waals surface area contributed by atoms with Gasteiger partial charge in [0.2, 0.25) is 5.91 Å². The number of carbonyl (C=O) groups excluding carboxylic acids is 1. The molecule has 12 heavy (non-hydrogen) atoms. The van der Waals surface area contributed by atoms with Crippen molar-refractivity contribution in [1.29, 1.82) is 0 Å². The minimum atomic E-state index is -1.24. The third-order valence-electron chi connectivity index (χ3n) is 2.96. The molecule has 2 aliphatic heterocycles. The molecule has 0 saturated carbocycles. The lowest BCUT2D eigenvalue weighted by Gasteiger charge is -2.34. The molecule has 4 nitrogen and oxygen atoms in total. The molecule has 2 rings (SSSR count). The summed E-state index contributed by atoms with van der Waals surface area (Å²) >= 11 is 0. The van der Waals surface area contributed by atoms with Crippen molar-refractivity contribution < 1.29 is 9.90 Å². The summed E-state index contributed by atoms with van der Waals surface area (Å²) < 4.78 is 0. The van der Waals surface area contributed by atoms with Gasteiger partial charge >= 0.3 is 0 Å². The summed E-state index contributed by atoms with van der Waals surface area (Å²) in [6, 6.07) is 0.586. The zero-order valence-electron chi connectivity index (χ0n) is 6.92. The minimum Gasteiger partial charge on any atom is -0.380 e. The van der Waals surface area contributed by atoms with E-state index in [0.717, 1.165) is 12.8 Å². The second-order valence-corrected chi connectivity index (χ2v) is 3.94. The third kappa shape index (κ3) is 1.11. The van der Waals surface area contributed by atoms with E-state index in [4.69, 9.17) is 5.73 Å². The first-order valence-electron chi connectivity index (χ1n) is 4.38. The van der Waals surface area contributed by atoms with Crippen molar-refractivity contribution in [3.8, 4) is 0 Å². The normalized spacial score (nSPS) is 46.1. The van der Waals surface area contributed by atoms with Crippen molar-refractivity contribution in [1.82, 2.24) is 5.32 Å². The smallest absolute Gasteiger partial charge is 0.249 e. The zero-order chi connectivity index (χ0) is 8.77. The molecule has 0 aromatic heterocycles. The fourth-order valence-corrected chi connectivity index (χ4v) is 2.32. The number of aliphatic hydroxyl groups is 1. The fourth-order valence-electron chi connectivity index (χ4n) is 2.32. The van der Waals surface area contributed by atoms with E-state index < -0.39 is 11.5 Å². The third-order valence-corrected chi connectivity index (χ3v) is 2.96. The van der Waals surface area contributed by atoms with E-state index in [1.54, 1.807) is 0 Å². The van der Waals surface area contributed by atoms with Gasteiger partial charge in [-0.05, 0) is 12.8 Å². The largest absolute Gasteiger partial charge is 0.380 e. The van der Waals surface area contributed by atoms with Crippen LogP contribution in [0.1, 0.15) is 25.7 Å². The van der Waals surface area contributed by atoms with Gasteiger partial charge in [0.05, 0.1) is 0 Å². The Hall–Kier alpha value is -0.610. The molecule has 1 amide bonds. The molecule has 3 atom stereocenters. The maximum Gasteiger partial charge on any atom is 0.249 e. The Morgan fingerprint density at radius 1 is 1.42 bits per heavy atom. The molecule has 2 fully saturated rings. The van der Waals surface area contributed by atoms with Crippen molar-refractivity contribution in [3.63, 3.8) is 0 Å². The van der Waals surface area contributed by atoms with Crippen molar-refractivity contribution in [2.75, 3.05) is 0 Å². The number of rotatable bonds is 1. The monoisotopic (exact) mass is 170 g/mol. The standard InChI is InChI=1S/C8H14N2O2/c9-7(11)8(12)3-5-1-2-6(4-8)10-5/h5-6,10,12H,1-4H2,(H2,9,11)/t5-,6+,8?. The van der Waals surface area contributed by atoms with Crippen LogP contribution in [0.2, 0.25) is 0 Å². The van der Waals surface area contributed by atoms with Crippen molar-refractivity contribution >= 4 is 5.91 Å². The molecule has 0 aromatic rings. The molecule has 0 aromatic carbocycles. The zero-order valence-corrected chi connectivity index (χ0v) is 6.92. The first-order valence-corrected chi connectivity index (χ1v) is 4.38. The van der Waals surface area contributed by atoms with Crippen LogP contribution >= 0.6 is 0 Å². The fraction of sp³-hybridized carbons (Fsp3) is 0.875. The molecule has 0 aliphatic carbocycles. The van der Waals surface area contributed by atoms with E-state index in [2.05, 4.69) is 5.32 Å². The summed E-state index contributed by atoms with van der Waals surface area (Å²) in [6.45, 7) is 0. The maximum absolute atomic E-state index is 10.9. The van der Waals surface area contributed by atoms with Gasteiger partial charge in [0, 0.05) is 24.9 Å². The van der Waals surface area contributed by atoms with Gasteiger partial charge in [-0.1, -0.05) is 0 Å². The van der Waals surface area contributed by atoms with Crippen LogP contribution in [0, 0.1) is 0 Å². The van der Waals surface area contributed by atoms with Crippen LogP contribution in [-0.2, 0) is 4.79 Å². The molecular weight excluding hydrogens is 156 g/mol. The number of hydrogen-bond donors (Lipinski definition) is 3. The van der Waals surface area contributed by atoms with E-state index in [1.165, 1.54) is 0 Å². The van der Waals surface area contributed by atoms with Crippen LogP contribution < -0.4 is 11.1 Å². The molecule has 0 spiro atoms. The second kappa shape index (κ2) is 2.44. The average Bonchev–Trinajstić information content (AvgIpc) is 2.30. The first-order chi connectivity index (χ1) is 5.60. The first kappa shape index (κ1) is 8.01. The number of fused-ring (bicyclic) bond motifs is 2. The summed E-state index contributed by atoms with van der Waals surface area (Å²) in [5.41, 5.74) is 3.90. The van der Waals surface area contributed by atoms with E-state index in [1.807, 2.05) is 0 Å². The molecule has 2 aliphatic rings. The predicted octanol–water partition coefficient (Wildman–Crippen LogP) is -0.883. The summed E-state index contributed by atoms with van der Waals surface area (Å²) in [5.74, 6) is -0.569. The Morgan fingerprint density at radius 3 is 2.33 bits per heavy atom. The number of hydrogen-bond acceptors (Lipinski definition) is 3. The number of primary amides is 1. The topological polar surface area (TPSA) is 75.4 Å². The molecule has 4 N–H and O–H groups in total. The number of nitrogens with one attached hydrogen (secondary N) is 1. The van der Waals surface area contributed by atoms with Crippen LogP contribution in [0.5, 0.6) is 0 Å². The molecule has 4 heteroatoms. The molecule has 2 bridgehead atoms. The highest BCUT2D eigenvalue weighted by Gasteiger charge is 2.45. The van der Waals surface area contributed by atoms with Crippen LogP contribution in [0.15, 0.2) is 0 Å². The Kier molecular flexibility index (Phi) is 1.63. The Morgan fingerprint density at radius 2 is 1.92 bits per heavy atom. The van der Waals surface area contributed by atoms with E-state index in [0.29, 0.717) is 24.9 Å². The SMILES string of the molecule is NC(=O)C1(O)C[C@H]2CC[C@@H](C1)N2. The number of piperidine rings is 1. The number of amides is 1. The molecule has 0 radical (unpaired) electrons. The highest BCUT2D eigenvalue weighted by Crippen LogP contribution is 2.33. The molecule has 1 unspecified atom stereocenters. The summed E-state index contributed by atoms with van der Waals surface area (Å²) in [6.07, 6.45) is 3.08. The lowest BCUT2D eigenvalue weighted by atomic mass is 9.87. The van der Waals surface area contributed by atoms with E-state index >= 15 is 0 Å². The second-order valence-electron chi connectivity index (χ2n) is 3.94. The van der Waals surface area contributed by atoms with Gasteiger partial charge in [-0.25, -0.2) is 0 Å². The van der Waals surface area contributed by atoms with Gasteiger partial charge < -0.3 is 16.2 Å². The Labute approximate surface area is 71.1 Å². The minimum absolute atomic E-state index is 0.293. The summed E-state index contributed by atoms with van der Waals surface area (Å²) in [5, 5.41) is 13.1. The van der Waals surface area contributed by atoms with Crippen LogP contribution in [0.4, 0.5) is 0 Å². The molecule has 2 saturated heterocycles. The molecule has 2 heterocycles. The average molecular weight is 170 g/mol. The quantitative estimate of drug-likeness (QED) is 0.478. The summed E-state index contributed by atoms with van der Waals surface area (Å²) in [4.78, 5) is 10.9.